The molecule has 102 valence electrons. The summed E-state index contributed by atoms with van der Waals surface area (Å²) in [7, 11) is 1.66. The number of benzene rings is 1. The molecule has 1 aromatic heterocycles. The highest BCUT2D eigenvalue weighted by atomic mass is 32.1. The van der Waals surface area contributed by atoms with Crippen LogP contribution in [-0.4, -0.2) is 19.0 Å². The molecule has 0 bridgehead atoms. The molecule has 2 unspecified atom stereocenters. The highest BCUT2D eigenvalue weighted by Gasteiger charge is 2.18. The Morgan fingerprint density at radius 2 is 1.95 bits per heavy atom. The summed E-state index contributed by atoms with van der Waals surface area (Å²) < 4.78 is 1.30. The Balaban J connectivity index is 2.24. The molecule has 2 aromatic rings. The molecule has 2 N–H and O–H groups in total. The first-order valence-corrected chi connectivity index (χ1v) is 7.32. The van der Waals surface area contributed by atoms with E-state index in [1.807, 2.05) is 6.92 Å². The number of amides is 1. The smallest absolute Gasteiger partial charge is 0.236 e. The van der Waals surface area contributed by atoms with E-state index in [1.165, 1.54) is 20.5 Å². The van der Waals surface area contributed by atoms with Crippen molar-refractivity contribution in [3.63, 3.8) is 0 Å². The van der Waals surface area contributed by atoms with E-state index in [2.05, 4.69) is 48.7 Å². The van der Waals surface area contributed by atoms with Crippen LogP contribution in [0, 0.1) is 6.92 Å². The fourth-order valence-corrected chi connectivity index (χ4v) is 3.57. The van der Waals surface area contributed by atoms with E-state index in [0.29, 0.717) is 0 Å². The maximum Gasteiger partial charge on any atom is 0.236 e. The number of fused-ring (bicyclic) bond motifs is 1. The van der Waals surface area contributed by atoms with Crippen molar-refractivity contribution in [1.82, 2.24) is 10.6 Å². The molecule has 0 aliphatic carbocycles. The fraction of sp³-hybridized carbons (Fsp3) is 0.400. The molecule has 3 nitrogen and oxygen atoms in total. The van der Waals surface area contributed by atoms with E-state index in [0.717, 1.165) is 0 Å². The minimum Gasteiger partial charge on any atom is -0.358 e. The zero-order chi connectivity index (χ0) is 14.0. The standard InChI is InChI=1S/C15H20N2OS/c1-9-12-7-5-6-8-13(12)19-14(9)10(2)17-11(3)15(18)16-4/h5-8,10-11,17H,1-4H3,(H,16,18). The molecule has 2 rings (SSSR count). The first-order valence-electron chi connectivity index (χ1n) is 6.50. The maximum atomic E-state index is 11.6. The van der Waals surface area contributed by atoms with Gasteiger partial charge in [0, 0.05) is 22.7 Å². The summed E-state index contributed by atoms with van der Waals surface area (Å²) >= 11 is 1.80. The van der Waals surface area contributed by atoms with Crippen LogP contribution in [0.1, 0.15) is 30.3 Å². The number of likely N-dealkylation sites (N-methyl/N-ethyl adjacent to an activating group) is 1. The zero-order valence-corrected chi connectivity index (χ0v) is 12.6. The average Bonchev–Trinajstić information content (AvgIpc) is 2.75. The second kappa shape index (κ2) is 5.72. The molecule has 4 heteroatoms. The van der Waals surface area contributed by atoms with Crippen molar-refractivity contribution >= 4 is 27.3 Å². The van der Waals surface area contributed by atoms with Crippen LogP contribution in [0.3, 0.4) is 0 Å². The third kappa shape index (κ3) is 2.80. The Morgan fingerprint density at radius 3 is 2.58 bits per heavy atom. The van der Waals surface area contributed by atoms with Crippen molar-refractivity contribution in [3.05, 3.63) is 34.7 Å². The van der Waals surface area contributed by atoms with E-state index >= 15 is 0 Å². The Hall–Kier alpha value is -1.39. The summed E-state index contributed by atoms with van der Waals surface area (Å²) in [6.45, 7) is 6.14. The van der Waals surface area contributed by atoms with Gasteiger partial charge >= 0.3 is 0 Å². The molecule has 0 saturated heterocycles. The molecule has 0 aliphatic rings. The highest BCUT2D eigenvalue weighted by molar-refractivity contribution is 7.19. The van der Waals surface area contributed by atoms with Gasteiger partial charge in [0.1, 0.15) is 0 Å². The highest BCUT2D eigenvalue weighted by Crippen LogP contribution is 2.34. The number of thiophene rings is 1. The van der Waals surface area contributed by atoms with Gasteiger partial charge in [-0.1, -0.05) is 18.2 Å². The Labute approximate surface area is 118 Å². The van der Waals surface area contributed by atoms with Crippen molar-refractivity contribution < 1.29 is 4.79 Å². The third-order valence-corrected chi connectivity index (χ3v) is 4.87. The molecule has 0 saturated carbocycles. The van der Waals surface area contributed by atoms with Gasteiger partial charge in [-0.2, -0.15) is 0 Å². The number of nitrogens with one attached hydrogen (secondary N) is 2. The molecular formula is C15H20N2OS. The first-order chi connectivity index (χ1) is 9.04. The summed E-state index contributed by atoms with van der Waals surface area (Å²) in [6.07, 6.45) is 0. The van der Waals surface area contributed by atoms with Crippen LogP contribution in [0.15, 0.2) is 24.3 Å². The lowest BCUT2D eigenvalue weighted by Crippen LogP contribution is -2.41. The van der Waals surface area contributed by atoms with Crippen molar-refractivity contribution in [3.8, 4) is 0 Å². The molecule has 0 spiro atoms. The van der Waals surface area contributed by atoms with Crippen molar-refractivity contribution in [2.45, 2.75) is 32.9 Å². The van der Waals surface area contributed by atoms with Gasteiger partial charge in [0.2, 0.25) is 5.91 Å². The summed E-state index contributed by atoms with van der Waals surface area (Å²) in [4.78, 5) is 12.9. The summed E-state index contributed by atoms with van der Waals surface area (Å²) in [5, 5.41) is 7.32. The lowest BCUT2D eigenvalue weighted by atomic mass is 10.1. The summed E-state index contributed by atoms with van der Waals surface area (Å²) in [5.74, 6) is 0.0191. The van der Waals surface area contributed by atoms with E-state index in [4.69, 9.17) is 0 Å². The molecule has 0 radical (unpaired) electrons. The SMILES string of the molecule is CNC(=O)C(C)NC(C)c1sc2ccccc2c1C. The van der Waals surface area contributed by atoms with Gasteiger partial charge in [-0.15, -0.1) is 11.3 Å². The molecule has 1 amide bonds. The minimum atomic E-state index is -0.190. The molecule has 2 atom stereocenters. The predicted octanol–water partition coefficient (Wildman–Crippen LogP) is 2.99. The van der Waals surface area contributed by atoms with E-state index in [-0.39, 0.29) is 18.0 Å². The van der Waals surface area contributed by atoms with Crippen LogP contribution in [0.5, 0.6) is 0 Å². The number of rotatable bonds is 4. The fourth-order valence-electron chi connectivity index (χ4n) is 2.35. The molecule has 0 fully saturated rings. The number of carbonyl (C=O) groups excluding carboxylic acids is 1. The van der Waals surface area contributed by atoms with Crippen LogP contribution >= 0.6 is 11.3 Å². The van der Waals surface area contributed by atoms with Crippen molar-refractivity contribution in [1.29, 1.82) is 0 Å². The van der Waals surface area contributed by atoms with E-state index < -0.39 is 0 Å². The lowest BCUT2D eigenvalue weighted by molar-refractivity contribution is -0.122. The van der Waals surface area contributed by atoms with Crippen LogP contribution in [0.4, 0.5) is 0 Å². The monoisotopic (exact) mass is 276 g/mol. The molecule has 0 aliphatic heterocycles. The Kier molecular flexibility index (Phi) is 4.22. The summed E-state index contributed by atoms with van der Waals surface area (Å²) in [5.41, 5.74) is 1.31. The number of hydrogen-bond acceptors (Lipinski definition) is 3. The van der Waals surface area contributed by atoms with Crippen LogP contribution in [-0.2, 0) is 4.79 Å². The normalized spacial score (nSPS) is 14.3. The largest absolute Gasteiger partial charge is 0.358 e. The quantitative estimate of drug-likeness (QED) is 0.901. The van der Waals surface area contributed by atoms with Gasteiger partial charge in [0.25, 0.3) is 0 Å². The van der Waals surface area contributed by atoms with Gasteiger partial charge in [-0.05, 0) is 37.8 Å². The van der Waals surface area contributed by atoms with Crippen LogP contribution in [0.25, 0.3) is 10.1 Å². The second-order valence-electron chi connectivity index (χ2n) is 4.81. The van der Waals surface area contributed by atoms with Gasteiger partial charge in [0.05, 0.1) is 6.04 Å². The number of aryl methyl sites for hydroxylation is 1. The van der Waals surface area contributed by atoms with Gasteiger partial charge in [-0.25, -0.2) is 0 Å². The van der Waals surface area contributed by atoms with Gasteiger partial charge in [0.15, 0.2) is 0 Å². The maximum absolute atomic E-state index is 11.6. The summed E-state index contributed by atoms with van der Waals surface area (Å²) in [6, 6.07) is 8.41. The molecule has 1 aromatic carbocycles. The Bertz CT molecular complexity index is 591. The average molecular weight is 276 g/mol. The number of carbonyl (C=O) groups is 1. The molecular weight excluding hydrogens is 256 g/mol. The van der Waals surface area contributed by atoms with Gasteiger partial charge in [-0.3, -0.25) is 10.1 Å². The van der Waals surface area contributed by atoms with Crippen LogP contribution in [0.2, 0.25) is 0 Å². The Morgan fingerprint density at radius 1 is 1.26 bits per heavy atom. The lowest BCUT2D eigenvalue weighted by Gasteiger charge is -2.18. The van der Waals surface area contributed by atoms with Crippen molar-refractivity contribution in [2.24, 2.45) is 0 Å². The predicted molar refractivity (Wildman–Crippen MR) is 81.6 cm³/mol. The minimum absolute atomic E-state index is 0.0191. The second-order valence-corrected chi connectivity index (χ2v) is 5.90. The zero-order valence-electron chi connectivity index (χ0n) is 11.8. The van der Waals surface area contributed by atoms with E-state index in [1.54, 1.807) is 18.4 Å². The first kappa shape index (κ1) is 14.0. The van der Waals surface area contributed by atoms with Crippen molar-refractivity contribution in [2.75, 3.05) is 7.05 Å². The molecule has 1 heterocycles. The van der Waals surface area contributed by atoms with Crippen LogP contribution < -0.4 is 10.6 Å². The van der Waals surface area contributed by atoms with Gasteiger partial charge < -0.3 is 5.32 Å². The third-order valence-electron chi connectivity index (χ3n) is 3.41. The molecule has 19 heavy (non-hydrogen) atoms. The van der Waals surface area contributed by atoms with E-state index in [9.17, 15) is 4.79 Å². The topological polar surface area (TPSA) is 41.1 Å². The number of hydrogen-bond donors (Lipinski definition) is 2.